The molecule has 3 aromatic rings. The van der Waals surface area contributed by atoms with Gasteiger partial charge in [0.1, 0.15) is 29.6 Å². The second-order valence-corrected chi connectivity index (χ2v) is 6.06. The molecule has 1 aliphatic heterocycles. The summed E-state index contributed by atoms with van der Waals surface area (Å²) in [5.74, 6) is 0.395. The molecule has 0 radical (unpaired) electrons. The summed E-state index contributed by atoms with van der Waals surface area (Å²) in [7, 11) is 0. The van der Waals surface area contributed by atoms with Crippen LogP contribution < -0.4 is 10.1 Å². The number of benzene rings is 1. The van der Waals surface area contributed by atoms with Crippen LogP contribution in [0.4, 0.5) is 5.82 Å². The minimum absolute atomic E-state index is 0.0871. The number of carbonyl (C=O) groups is 1. The van der Waals surface area contributed by atoms with E-state index in [0.717, 1.165) is 23.3 Å². The van der Waals surface area contributed by atoms with Crippen LogP contribution in [0.2, 0.25) is 0 Å². The van der Waals surface area contributed by atoms with Crippen molar-refractivity contribution in [2.75, 3.05) is 18.5 Å². The lowest BCUT2D eigenvalue weighted by Gasteiger charge is -2.32. The van der Waals surface area contributed by atoms with Crippen molar-refractivity contribution in [1.82, 2.24) is 15.0 Å². The Kier molecular flexibility index (Phi) is 4.40. The van der Waals surface area contributed by atoms with Crippen molar-refractivity contribution in [3.05, 3.63) is 48.4 Å². The van der Waals surface area contributed by atoms with Crippen LogP contribution in [-0.2, 0) is 4.74 Å². The van der Waals surface area contributed by atoms with E-state index < -0.39 is 5.97 Å². The molecule has 3 heterocycles. The highest BCUT2D eigenvalue weighted by Gasteiger charge is 2.28. The van der Waals surface area contributed by atoms with Gasteiger partial charge in [0.15, 0.2) is 0 Å². The van der Waals surface area contributed by atoms with Crippen LogP contribution in [-0.4, -0.2) is 51.4 Å². The molecule has 1 saturated heterocycles. The molecule has 0 spiro atoms. The first-order valence-electron chi connectivity index (χ1n) is 8.33. The molecule has 0 aliphatic carbocycles. The number of aromatic carboxylic acids is 1. The summed E-state index contributed by atoms with van der Waals surface area (Å²) < 4.78 is 11.7. The molecule has 0 bridgehead atoms. The second-order valence-electron chi connectivity index (χ2n) is 6.06. The maximum atomic E-state index is 11.0. The molecule has 0 saturated carbocycles. The number of hydrogen-bond acceptors (Lipinski definition) is 6. The summed E-state index contributed by atoms with van der Waals surface area (Å²) in [6.07, 6.45) is 3.92. The normalized spacial score (nSPS) is 20.0. The Morgan fingerprint density at radius 1 is 1.27 bits per heavy atom. The summed E-state index contributed by atoms with van der Waals surface area (Å²) in [6, 6.07) is 8.24. The molecule has 3 N–H and O–H groups in total. The number of carboxylic acid groups (broad SMARTS) is 1. The first-order valence-corrected chi connectivity index (χ1v) is 8.33. The van der Waals surface area contributed by atoms with Gasteiger partial charge in [-0.25, -0.2) is 14.8 Å². The highest BCUT2D eigenvalue weighted by molar-refractivity contribution is 5.87. The van der Waals surface area contributed by atoms with E-state index in [1.165, 1.54) is 18.5 Å². The average Bonchev–Trinajstić information content (AvgIpc) is 3.14. The van der Waals surface area contributed by atoms with Gasteiger partial charge in [0, 0.05) is 12.6 Å². The number of nitrogens with zero attached hydrogens (tertiary/aromatic N) is 2. The predicted molar refractivity (Wildman–Crippen MR) is 94.6 cm³/mol. The van der Waals surface area contributed by atoms with Crippen LogP contribution >= 0.6 is 0 Å². The smallest absolute Gasteiger partial charge is 0.335 e. The highest BCUT2D eigenvalue weighted by Crippen LogP contribution is 2.24. The van der Waals surface area contributed by atoms with E-state index in [1.807, 2.05) is 12.3 Å². The SMILES string of the molecule is O=C(O)c1ccc(O[C@@H]2CCOC[C@H]2Nc2ncnc3[nH]ccc23)cc1. The maximum Gasteiger partial charge on any atom is 0.335 e. The van der Waals surface area contributed by atoms with Crippen LogP contribution in [0.1, 0.15) is 16.8 Å². The zero-order chi connectivity index (χ0) is 17.9. The fourth-order valence-electron chi connectivity index (χ4n) is 3.01. The minimum atomic E-state index is -0.957. The monoisotopic (exact) mass is 354 g/mol. The molecule has 134 valence electrons. The molecule has 4 rings (SSSR count). The van der Waals surface area contributed by atoms with Gasteiger partial charge in [-0.1, -0.05) is 0 Å². The zero-order valence-corrected chi connectivity index (χ0v) is 13.9. The summed E-state index contributed by atoms with van der Waals surface area (Å²) >= 11 is 0. The Bertz CT molecular complexity index is 909. The predicted octanol–water partition coefficient (Wildman–Crippen LogP) is 2.30. The summed E-state index contributed by atoms with van der Waals surface area (Å²) in [4.78, 5) is 22.5. The van der Waals surface area contributed by atoms with Crippen LogP contribution in [0.3, 0.4) is 0 Å². The molecule has 2 atom stereocenters. The first-order chi connectivity index (χ1) is 12.7. The van der Waals surface area contributed by atoms with Gasteiger partial charge < -0.3 is 24.9 Å². The third-order valence-electron chi connectivity index (χ3n) is 4.36. The number of rotatable bonds is 5. The standard InChI is InChI=1S/C18H18N4O4/c23-18(24)11-1-3-12(4-2-11)26-15-6-8-25-9-14(15)22-17-13-5-7-19-16(13)20-10-21-17/h1-5,7,10,14-15H,6,8-9H2,(H,23,24)(H2,19,20,21,22)/t14-,15-/m1/s1. The van der Waals surface area contributed by atoms with Gasteiger partial charge in [-0.3, -0.25) is 0 Å². The van der Waals surface area contributed by atoms with E-state index in [2.05, 4.69) is 20.3 Å². The molecule has 8 heteroatoms. The van der Waals surface area contributed by atoms with Gasteiger partial charge in [0.05, 0.1) is 30.2 Å². The Hall–Kier alpha value is -3.13. The number of carboxylic acids is 1. The van der Waals surface area contributed by atoms with Crippen LogP contribution in [0.25, 0.3) is 11.0 Å². The number of fused-ring (bicyclic) bond motifs is 1. The molecular formula is C18H18N4O4. The summed E-state index contributed by atoms with van der Waals surface area (Å²) in [5, 5.41) is 13.3. The number of nitrogens with one attached hydrogen (secondary N) is 2. The molecule has 2 aromatic heterocycles. The van der Waals surface area contributed by atoms with Crippen LogP contribution in [0.15, 0.2) is 42.9 Å². The lowest BCUT2D eigenvalue weighted by Crippen LogP contribution is -2.45. The molecule has 0 amide bonds. The van der Waals surface area contributed by atoms with Gasteiger partial charge >= 0.3 is 5.97 Å². The maximum absolute atomic E-state index is 11.0. The Balaban J connectivity index is 1.51. The molecular weight excluding hydrogens is 336 g/mol. The van der Waals surface area contributed by atoms with Crippen molar-refractivity contribution in [3.8, 4) is 5.75 Å². The Labute approximate surface area is 149 Å². The number of aromatic nitrogens is 3. The van der Waals surface area contributed by atoms with Crippen molar-refractivity contribution in [2.24, 2.45) is 0 Å². The number of aromatic amines is 1. The van der Waals surface area contributed by atoms with E-state index >= 15 is 0 Å². The van der Waals surface area contributed by atoms with Gasteiger partial charge in [0.25, 0.3) is 0 Å². The third-order valence-corrected chi connectivity index (χ3v) is 4.36. The second kappa shape index (κ2) is 7.01. The molecule has 1 aromatic carbocycles. The minimum Gasteiger partial charge on any atom is -0.488 e. The van der Waals surface area contributed by atoms with Gasteiger partial charge in [-0.15, -0.1) is 0 Å². The Morgan fingerprint density at radius 2 is 2.12 bits per heavy atom. The van der Waals surface area contributed by atoms with Crippen molar-refractivity contribution in [2.45, 2.75) is 18.6 Å². The van der Waals surface area contributed by atoms with Gasteiger partial charge in [-0.05, 0) is 30.3 Å². The van der Waals surface area contributed by atoms with E-state index in [4.69, 9.17) is 14.6 Å². The van der Waals surface area contributed by atoms with E-state index in [-0.39, 0.29) is 17.7 Å². The quantitative estimate of drug-likeness (QED) is 0.645. The molecule has 8 nitrogen and oxygen atoms in total. The van der Waals surface area contributed by atoms with Gasteiger partial charge in [0.2, 0.25) is 0 Å². The van der Waals surface area contributed by atoms with E-state index in [1.54, 1.807) is 12.1 Å². The van der Waals surface area contributed by atoms with Crippen molar-refractivity contribution < 1.29 is 19.4 Å². The van der Waals surface area contributed by atoms with Crippen molar-refractivity contribution in [1.29, 1.82) is 0 Å². The zero-order valence-electron chi connectivity index (χ0n) is 13.9. The summed E-state index contributed by atoms with van der Waals surface area (Å²) in [5.41, 5.74) is 0.996. The Morgan fingerprint density at radius 3 is 2.92 bits per heavy atom. The number of anilines is 1. The fraction of sp³-hybridized carbons (Fsp3) is 0.278. The average molecular weight is 354 g/mol. The van der Waals surface area contributed by atoms with Gasteiger partial charge in [-0.2, -0.15) is 0 Å². The van der Waals surface area contributed by atoms with Crippen molar-refractivity contribution >= 4 is 22.8 Å². The first kappa shape index (κ1) is 16.3. The topological polar surface area (TPSA) is 109 Å². The number of hydrogen-bond donors (Lipinski definition) is 3. The van der Waals surface area contributed by atoms with E-state index in [0.29, 0.717) is 19.0 Å². The summed E-state index contributed by atoms with van der Waals surface area (Å²) in [6.45, 7) is 1.10. The van der Waals surface area contributed by atoms with E-state index in [9.17, 15) is 4.79 Å². The lowest BCUT2D eigenvalue weighted by molar-refractivity contribution is 0.0147. The van der Waals surface area contributed by atoms with Crippen LogP contribution in [0, 0.1) is 0 Å². The highest BCUT2D eigenvalue weighted by atomic mass is 16.5. The molecule has 1 aliphatic rings. The van der Waals surface area contributed by atoms with Crippen molar-refractivity contribution in [3.63, 3.8) is 0 Å². The fourth-order valence-corrected chi connectivity index (χ4v) is 3.01. The molecule has 1 fully saturated rings. The number of ether oxygens (including phenoxy) is 2. The molecule has 0 unspecified atom stereocenters. The number of H-pyrrole nitrogens is 1. The largest absolute Gasteiger partial charge is 0.488 e. The lowest BCUT2D eigenvalue weighted by atomic mass is 10.1. The van der Waals surface area contributed by atoms with Crippen LogP contribution in [0.5, 0.6) is 5.75 Å². The third kappa shape index (κ3) is 3.31. The molecule has 26 heavy (non-hydrogen) atoms.